The smallest absolute Gasteiger partial charge is 0.310 e. The second-order valence-electron chi connectivity index (χ2n) is 3.45. The standard InChI is InChI=1S/C11H13F2IN2O2/c1-2-18-9(17)3-6-7(4-15)8(10(12)13)5-16-11(6)14/h5,10H,2-4,15H2,1H3. The molecule has 18 heavy (non-hydrogen) atoms. The van der Waals surface area contributed by atoms with Crippen molar-refractivity contribution in [2.75, 3.05) is 6.61 Å². The van der Waals surface area contributed by atoms with E-state index in [0.29, 0.717) is 9.26 Å². The molecular formula is C11H13F2IN2O2. The molecule has 0 aliphatic heterocycles. The van der Waals surface area contributed by atoms with Crippen LogP contribution in [0.3, 0.4) is 0 Å². The van der Waals surface area contributed by atoms with Crippen LogP contribution in [0.5, 0.6) is 0 Å². The molecule has 0 aromatic carbocycles. The molecule has 1 aromatic heterocycles. The average molecular weight is 370 g/mol. The fraction of sp³-hybridized carbons (Fsp3) is 0.455. The molecule has 1 heterocycles. The van der Waals surface area contributed by atoms with E-state index in [1.54, 1.807) is 6.92 Å². The van der Waals surface area contributed by atoms with E-state index in [9.17, 15) is 13.6 Å². The maximum absolute atomic E-state index is 12.8. The van der Waals surface area contributed by atoms with Crippen molar-refractivity contribution in [2.45, 2.75) is 26.3 Å². The van der Waals surface area contributed by atoms with Crippen LogP contribution in [0.1, 0.15) is 30.0 Å². The largest absolute Gasteiger partial charge is 0.466 e. The lowest BCUT2D eigenvalue weighted by Gasteiger charge is -2.13. The molecule has 0 aliphatic carbocycles. The Morgan fingerprint density at radius 3 is 2.72 bits per heavy atom. The van der Waals surface area contributed by atoms with Crippen molar-refractivity contribution in [1.82, 2.24) is 4.98 Å². The number of pyridine rings is 1. The molecule has 0 saturated heterocycles. The predicted molar refractivity (Wildman–Crippen MR) is 70.1 cm³/mol. The molecule has 0 unspecified atom stereocenters. The van der Waals surface area contributed by atoms with Gasteiger partial charge in [-0.1, -0.05) is 0 Å². The molecule has 0 radical (unpaired) electrons. The Kier molecular flexibility index (Phi) is 5.86. The van der Waals surface area contributed by atoms with Crippen molar-refractivity contribution in [1.29, 1.82) is 0 Å². The van der Waals surface area contributed by atoms with Gasteiger partial charge in [0.15, 0.2) is 0 Å². The number of halogens is 3. The summed E-state index contributed by atoms with van der Waals surface area (Å²) in [6, 6.07) is 0. The molecule has 2 N–H and O–H groups in total. The van der Waals surface area contributed by atoms with Crippen LogP contribution >= 0.6 is 22.6 Å². The second-order valence-corrected chi connectivity index (χ2v) is 4.47. The number of nitrogens with zero attached hydrogens (tertiary/aromatic N) is 1. The third-order valence-electron chi connectivity index (χ3n) is 2.34. The third-order valence-corrected chi connectivity index (χ3v) is 3.27. The number of aromatic nitrogens is 1. The highest BCUT2D eigenvalue weighted by Crippen LogP contribution is 2.27. The van der Waals surface area contributed by atoms with Crippen LogP contribution in [0.2, 0.25) is 0 Å². The van der Waals surface area contributed by atoms with Crippen molar-refractivity contribution in [3.63, 3.8) is 0 Å². The Balaban J connectivity index is 3.15. The highest BCUT2D eigenvalue weighted by Gasteiger charge is 2.20. The molecular weight excluding hydrogens is 357 g/mol. The van der Waals surface area contributed by atoms with Crippen LogP contribution in [0, 0.1) is 3.70 Å². The van der Waals surface area contributed by atoms with Crippen LogP contribution in [0.25, 0.3) is 0 Å². The first-order valence-corrected chi connectivity index (χ1v) is 6.39. The number of nitrogens with two attached hydrogens (primary N) is 1. The molecule has 0 bridgehead atoms. The lowest BCUT2D eigenvalue weighted by atomic mass is 10.0. The lowest BCUT2D eigenvalue weighted by molar-refractivity contribution is -0.142. The number of carbonyl (C=O) groups excluding carboxylic acids is 1. The SMILES string of the molecule is CCOC(=O)Cc1c(I)ncc(C(F)F)c1CN. The molecule has 7 heteroatoms. The predicted octanol–water partition coefficient (Wildman–Crippen LogP) is 2.19. The van der Waals surface area contributed by atoms with E-state index in [2.05, 4.69) is 4.98 Å². The Morgan fingerprint density at radius 1 is 1.56 bits per heavy atom. The van der Waals surface area contributed by atoms with Crippen molar-refractivity contribution >= 4 is 28.6 Å². The number of rotatable bonds is 5. The maximum atomic E-state index is 12.8. The Bertz CT molecular complexity index is 441. The zero-order valence-corrected chi connectivity index (χ0v) is 11.9. The van der Waals surface area contributed by atoms with Gasteiger partial charge >= 0.3 is 5.97 Å². The fourth-order valence-corrected chi connectivity index (χ4v) is 2.20. The van der Waals surface area contributed by atoms with Crippen LogP contribution < -0.4 is 5.73 Å². The number of ether oxygens (including phenoxy) is 1. The molecule has 1 rings (SSSR count). The normalized spacial score (nSPS) is 10.8. The van der Waals surface area contributed by atoms with E-state index in [-0.39, 0.29) is 30.7 Å². The van der Waals surface area contributed by atoms with Gasteiger partial charge in [-0.15, -0.1) is 0 Å². The van der Waals surface area contributed by atoms with Gasteiger partial charge in [-0.05, 0) is 35.1 Å². The first kappa shape index (κ1) is 15.2. The van der Waals surface area contributed by atoms with Gasteiger partial charge in [0, 0.05) is 23.9 Å². The van der Waals surface area contributed by atoms with Crippen molar-refractivity contribution < 1.29 is 18.3 Å². The molecule has 0 fully saturated rings. The van der Waals surface area contributed by atoms with Gasteiger partial charge in [-0.25, -0.2) is 13.8 Å². The minimum absolute atomic E-state index is 0.0626. The van der Waals surface area contributed by atoms with Gasteiger partial charge in [0.05, 0.1) is 13.0 Å². The van der Waals surface area contributed by atoms with Crippen molar-refractivity contribution in [2.24, 2.45) is 5.73 Å². The molecule has 100 valence electrons. The van der Waals surface area contributed by atoms with Gasteiger partial charge in [0.1, 0.15) is 3.70 Å². The average Bonchev–Trinajstić information content (AvgIpc) is 2.31. The summed E-state index contributed by atoms with van der Waals surface area (Å²) in [5, 5.41) is 0. The van der Waals surface area contributed by atoms with E-state index in [1.165, 1.54) is 0 Å². The van der Waals surface area contributed by atoms with Gasteiger partial charge in [0.2, 0.25) is 0 Å². The Morgan fingerprint density at radius 2 is 2.22 bits per heavy atom. The molecule has 0 aliphatic rings. The molecule has 0 saturated carbocycles. The lowest BCUT2D eigenvalue weighted by Crippen LogP contribution is -2.15. The minimum Gasteiger partial charge on any atom is -0.466 e. The number of carbonyl (C=O) groups is 1. The monoisotopic (exact) mass is 370 g/mol. The van der Waals surface area contributed by atoms with E-state index in [4.69, 9.17) is 10.5 Å². The number of hydrogen-bond donors (Lipinski definition) is 1. The highest BCUT2D eigenvalue weighted by atomic mass is 127. The van der Waals surface area contributed by atoms with Gasteiger partial charge in [-0.3, -0.25) is 4.79 Å². The van der Waals surface area contributed by atoms with E-state index in [1.807, 2.05) is 22.6 Å². The maximum Gasteiger partial charge on any atom is 0.310 e. The summed E-state index contributed by atoms with van der Waals surface area (Å²) < 4.78 is 30.9. The van der Waals surface area contributed by atoms with Gasteiger partial charge in [-0.2, -0.15) is 0 Å². The first-order chi connectivity index (χ1) is 8.51. The molecule has 1 aromatic rings. The van der Waals surface area contributed by atoms with E-state index >= 15 is 0 Å². The number of alkyl halides is 2. The summed E-state index contributed by atoms with van der Waals surface area (Å²) in [7, 11) is 0. The van der Waals surface area contributed by atoms with E-state index in [0.717, 1.165) is 6.20 Å². The molecule has 0 atom stereocenters. The zero-order chi connectivity index (χ0) is 13.7. The summed E-state index contributed by atoms with van der Waals surface area (Å²) in [6.07, 6.45) is -1.65. The minimum atomic E-state index is -2.66. The Hall–Kier alpha value is -0.830. The summed E-state index contributed by atoms with van der Waals surface area (Å²) in [4.78, 5) is 15.3. The molecule has 4 nitrogen and oxygen atoms in total. The van der Waals surface area contributed by atoms with Crippen molar-refractivity contribution in [3.05, 3.63) is 26.6 Å². The van der Waals surface area contributed by atoms with Crippen LogP contribution in [0.4, 0.5) is 8.78 Å². The number of hydrogen-bond acceptors (Lipinski definition) is 4. The summed E-state index contributed by atoms with van der Waals surface area (Å²) >= 11 is 1.89. The quantitative estimate of drug-likeness (QED) is 0.490. The summed E-state index contributed by atoms with van der Waals surface area (Å²) in [5.74, 6) is -0.474. The third kappa shape index (κ3) is 3.58. The first-order valence-electron chi connectivity index (χ1n) is 5.31. The topological polar surface area (TPSA) is 65.2 Å². The van der Waals surface area contributed by atoms with Crippen LogP contribution in [-0.4, -0.2) is 17.6 Å². The molecule has 0 amide bonds. The fourth-order valence-electron chi connectivity index (χ4n) is 1.55. The summed E-state index contributed by atoms with van der Waals surface area (Å²) in [6.45, 7) is 1.86. The van der Waals surface area contributed by atoms with Gasteiger partial charge < -0.3 is 10.5 Å². The van der Waals surface area contributed by atoms with Crippen LogP contribution in [-0.2, 0) is 22.5 Å². The van der Waals surface area contributed by atoms with Crippen LogP contribution in [0.15, 0.2) is 6.20 Å². The van der Waals surface area contributed by atoms with Crippen molar-refractivity contribution in [3.8, 4) is 0 Å². The molecule has 0 spiro atoms. The zero-order valence-electron chi connectivity index (χ0n) is 9.75. The highest BCUT2D eigenvalue weighted by molar-refractivity contribution is 14.1. The Labute approximate surface area is 117 Å². The second kappa shape index (κ2) is 6.93. The summed E-state index contributed by atoms with van der Waals surface area (Å²) in [5.41, 5.74) is 5.97. The van der Waals surface area contributed by atoms with Gasteiger partial charge in [0.25, 0.3) is 6.43 Å². The number of esters is 1. The van der Waals surface area contributed by atoms with E-state index < -0.39 is 12.4 Å².